The summed E-state index contributed by atoms with van der Waals surface area (Å²) in [5.41, 5.74) is 7.03. The maximum atomic E-state index is 4.09. The molecule has 0 unspecified atom stereocenters. The molecule has 3 aromatic heterocycles. The third-order valence-electron chi connectivity index (χ3n) is 4.63. The average Bonchev–Trinajstić information content (AvgIpc) is 3.06. The molecular formula is C22H15N3. The molecule has 0 fully saturated rings. The van der Waals surface area contributed by atoms with Gasteiger partial charge < -0.3 is 4.98 Å². The van der Waals surface area contributed by atoms with E-state index in [1.54, 1.807) is 0 Å². The van der Waals surface area contributed by atoms with Gasteiger partial charge in [0.15, 0.2) is 0 Å². The summed E-state index contributed by atoms with van der Waals surface area (Å²) in [6.45, 7) is 0. The number of aromatic nitrogens is 3. The molecule has 0 saturated carbocycles. The van der Waals surface area contributed by atoms with E-state index in [4.69, 9.17) is 0 Å². The van der Waals surface area contributed by atoms with E-state index in [1.165, 1.54) is 33.0 Å². The second-order valence-corrected chi connectivity index (χ2v) is 6.12. The van der Waals surface area contributed by atoms with Crippen molar-refractivity contribution >= 4 is 21.8 Å². The first-order valence-corrected chi connectivity index (χ1v) is 8.25. The van der Waals surface area contributed by atoms with Crippen LogP contribution in [0.15, 0.2) is 85.5 Å². The minimum absolute atomic E-state index is 1.15. The van der Waals surface area contributed by atoms with E-state index in [0.717, 1.165) is 11.0 Å². The van der Waals surface area contributed by atoms with Gasteiger partial charge in [0.1, 0.15) is 0 Å². The summed E-state index contributed by atoms with van der Waals surface area (Å²) in [7, 11) is 0. The highest BCUT2D eigenvalue weighted by molar-refractivity contribution is 6.09. The Labute approximate surface area is 145 Å². The molecule has 5 aromatic rings. The highest BCUT2D eigenvalue weighted by Gasteiger charge is 2.07. The molecule has 0 amide bonds. The Balaban J connectivity index is 1.67. The van der Waals surface area contributed by atoms with E-state index >= 15 is 0 Å². The largest absolute Gasteiger partial charge is 0.354 e. The van der Waals surface area contributed by atoms with E-state index in [-0.39, 0.29) is 0 Å². The molecule has 0 aliphatic heterocycles. The zero-order valence-electron chi connectivity index (χ0n) is 13.5. The van der Waals surface area contributed by atoms with Crippen molar-refractivity contribution in [2.24, 2.45) is 0 Å². The van der Waals surface area contributed by atoms with Crippen molar-refractivity contribution in [3.63, 3.8) is 0 Å². The molecule has 3 heterocycles. The van der Waals surface area contributed by atoms with Crippen LogP contribution in [0.25, 0.3) is 44.1 Å². The second kappa shape index (κ2) is 5.56. The number of nitrogens with zero attached hydrogens (tertiary/aromatic N) is 2. The SMILES string of the molecule is c1cc(-c2ccc3c(c2)[nH]c2cc(-c4ccncc4)ccc23)ccn1. The fourth-order valence-electron chi connectivity index (χ4n) is 3.36. The number of H-pyrrole nitrogens is 1. The first kappa shape index (κ1) is 13.9. The van der Waals surface area contributed by atoms with Crippen LogP contribution >= 0.6 is 0 Å². The van der Waals surface area contributed by atoms with E-state index in [1.807, 2.05) is 49.1 Å². The lowest BCUT2D eigenvalue weighted by Gasteiger charge is -2.01. The van der Waals surface area contributed by atoms with Gasteiger partial charge in [-0.15, -0.1) is 0 Å². The number of fused-ring (bicyclic) bond motifs is 3. The molecular weight excluding hydrogens is 306 g/mol. The van der Waals surface area contributed by atoms with Gasteiger partial charge in [0.25, 0.3) is 0 Å². The number of benzene rings is 2. The first-order valence-electron chi connectivity index (χ1n) is 8.25. The Morgan fingerprint density at radius 1 is 0.480 bits per heavy atom. The molecule has 3 heteroatoms. The molecule has 118 valence electrons. The molecule has 25 heavy (non-hydrogen) atoms. The highest BCUT2D eigenvalue weighted by atomic mass is 14.7. The van der Waals surface area contributed by atoms with Crippen LogP contribution in [0.2, 0.25) is 0 Å². The van der Waals surface area contributed by atoms with Crippen LogP contribution in [0.1, 0.15) is 0 Å². The lowest BCUT2D eigenvalue weighted by molar-refractivity contribution is 1.33. The van der Waals surface area contributed by atoms with Crippen LogP contribution in [0.4, 0.5) is 0 Å². The normalized spacial score (nSPS) is 11.2. The van der Waals surface area contributed by atoms with Crippen LogP contribution < -0.4 is 0 Å². The van der Waals surface area contributed by atoms with Gasteiger partial charge >= 0.3 is 0 Å². The summed E-state index contributed by atoms with van der Waals surface area (Å²) >= 11 is 0. The zero-order valence-corrected chi connectivity index (χ0v) is 13.5. The molecule has 0 atom stereocenters. The first-order chi connectivity index (χ1) is 12.4. The molecule has 0 aliphatic rings. The van der Waals surface area contributed by atoms with Crippen LogP contribution in [0.5, 0.6) is 0 Å². The molecule has 0 saturated heterocycles. The third kappa shape index (κ3) is 2.37. The number of hydrogen-bond donors (Lipinski definition) is 1. The predicted molar refractivity (Wildman–Crippen MR) is 102 cm³/mol. The molecule has 0 aliphatic carbocycles. The van der Waals surface area contributed by atoms with E-state index < -0.39 is 0 Å². The summed E-state index contributed by atoms with van der Waals surface area (Å²) in [5.74, 6) is 0. The van der Waals surface area contributed by atoms with Crippen LogP contribution in [0, 0.1) is 0 Å². The smallest absolute Gasteiger partial charge is 0.0471 e. The highest BCUT2D eigenvalue weighted by Crippen LogP contribution is 2.32. The van der Waals surface area contributed by atoms with Crippen molar-refractivity contribution in [2.45, 2.75) is 0 Å². The van der Waals surface area contributed by atoms with Crippen molar-refractivity contribution in [1.82, 2.24) is 15.0 Å². The fraction of sp³-hybridized carbons (Fsp3) is 0. The van der Waals surface area contributed by atoms with Crippen molar-refractivity contribution in [1.29, 1.82) is 0 Å². The standard InChI is InChI=1S/C22H15N3/c1-3-19-20-4-2-18(16-7-11-24-12-8-16)14-22(20)25-21(19)13-17(1)15-5-9-23-10-6-15/h1-14,25H. The van der Waals surface area contributed by atoms with E-state index in [2.05, 4.69) is 51.4 Å². The summed E-state index contributed by atoms with van der Waals surface area (Å²) < 4.78 is 0. The van der Waals surface area contributed by atoms with Gasteiger partial charge in [0, 0.05) is 46.6 Å². The van der Waals surface area contributed by atoms with Gasteiger partial charge in [-0.1, -0.05) is 24.3 Å². The van der Waals surface area contributed by atoms with Crippen LogP contribution in [-0.4, -0.2) is 15.0 Å². The lowest BCUT2D eigenvalue weighted by Crippen LogP contribution is -1.78. The fourth-order valence-corrected chi connectivity index (χ4v) is 3.36. The number of hydrogen-bond acceptors (Lipinski definition) is 2. The topological polar surface area (TPSA) is 41.6 Å². The average molecular weight is 321 g/mol. The molecule has 0 spiro atoms. The lowest BCUT2D eigenvalue weighted by atomic mass is 10.0. The molecule has 1 N–H and O–H groups in total. The van der Waals surface area contributed by atoms with Crippen molar-refractivity contribution < 1.29 is 0 Å². The second-order valence-electron chi connectivity index (χ2n) is 6.12. The molecule has 2 aromatic carbocycles. The van der Waals surface area contributed by atoms with Crippen LogP contribution in [-0.2, 0) is 0 Å². The number of rotatable bonds is 2. The summed E-state index contributed by atoms with van der Waals surface area (Å²) in [6, 6.07) is 21.3. The quantitative estimate of drug-likeness (QED) is 0.470. The number of nitrogens with one attached hydrogen (secondary N) is 1. The number of aromatic amines is 1. The van der Waals surface area contributed by atoms with Crippen LogP contribution in [0.3, 0.4) is 0 Å². The zero-order chi connectivity index (χ0) is 16.6. The van der Waals surface area contributed by atoms with E-state index in [0.29, 0.717) is 0 Å². The monoisotopic (exact) mass is 321 g/mol. The minimum atomic E-state index is 1.15. The van der Waals surface area contributed by atoms with Gasteiger partial charge in [0.2, 0.25) is 0 Å². The Hall–Kier alpha value is -3.46. The van der Waals surface area contributed by atoms with Gasteiger partial charge in [-0.3, -0.25) is 9.97 Å². The summed E-state index contributed by atoms with van der Waals surface area (Å²) in [5, 5.41) is 2.49. The van der Waals surface area contributed by atoms with Gasteiger partial charge in [0.05, 0.1) is 0 Å². The van der Waals surface area contributed by atoms with Gasteiger partial charge in [-0.05, 0) is 58.7 Å². The summed E-state index contributed by atoms with van der Waals surface area (Å²) in [4.78, 5) is 11.8. The predicted octanol–water partition coefficient (Wildman–Crippen LogP) is 5.45. The number of pyridine rings is 2. The maximum absolute atomic E-state index is 4.09. The summed E-state index contributed by atoms with van der Waals surface area (Å²) in [6.07, 6.45) is 7.30. The third-order valence-corrected chi connectivity index (χ3v) is 4.63. The molecule has 3 nitrogen and oxygen atoms in total. The van der Waals surface area contributed by atoms with Gasteiger partial charge in [-0.2, -0.15) is 0 Å². The van der Waals surface area contributed by atoms with Crippen molar-refractivity contribution in [3.8, 4) is 22.3 Å². The molecule has 0 radical (unpaired) electrons. The molecule has 0 bridgehead atoms. The van der Waals surface area contributed by atoms with Crippen molar-refractivity contribution in [3.05, 3.63) is 85.5 Å². The van der Waals surface area contributed by atoms with Gasteiger partial charge in [-0.25, -0.2) is 0 Å². The maximum Gasteiger partial charge on any atom is 0.0471 e. The Bertz CT molecular complexity index is 1080. The molecule has 5 rings (SSSR count). The van der Waals surface area contributed by atoms with Crippen molar-refractivity contribution in [2.75, 3.05) is 0 Å². The Kier molecular flexibility index (Phi) is 3.10. The van der Waals surface area contributed by atoms with E-state index in [9.17, 15) is 0 Å². The Morgan fingerprint density at radius 3 is 1.36 bits per heavy atom. The Morgan fingerprint density at radius 2 is 0.920 bits per heavy atom. The minimum Gasteiger partial charge on any atom is -0.354 e.